The lowest BCUT2D eigenvalue weighted by Crippen LogP contribution is -2.47. The maximum absolute atomic E-state index is 12.3. The van der Waals surface area contributed by atoms with Gasteiger partial charge in [-0.25, -0.2) is 14.2 Å². The topological polar surface area (TPSA) is 216 Å². The molecule has 0 aliphatic rings. The van der Waals surface area contributed by atoms with Crippen molar-refractivity contribution < 1.29 is 47.8 Å². The Labute approximate surface area is 201 Å². The van der Waals surface area contributed by atoms with Gasteiger partial charge in [0.1, 0.15) is 19.2 Å². The second-order valence-electron chi connectivity index (χ2n) is 6.88. The summed E-state index contributed by atoms with van der Waals surface area (Å²) in [6.07, 6.45) is -0.940. The molecule has 0 aliphatic carbocycles. The second-order valence-corrected chi connectivity index (χ2v) is 8.04. The van der Waals surface area contributed by atoms with Crippen molar-refractivity contribution in [2.45, 2.75) is 26.0 Å². The van der Waals surface area contributed by atoms with Crippen LogP contribution in [-0.2, 0) is 36.7 Å². The van der Waals surface area contributed by atoms with Gasteiger partial charge in [-0.1, -0.05) is 36.4 Å². The molecule has 0 heterocycles. The number of amides is 2. The lowest BCUT2D eigenvalue weighted by Gasteiger charge is -2.18. The molecule has 0 saturated carbocycles. The number of hydrogen-bond donors (Lipinski definition) is 6. The molecule has 0 unspecified atom stereocenters. The minimum absolute atomic E-state index is 0. The fourth-order valence-corrected chi connectivity index (χ4v) is 3.15. The number of benzene rings is 2. The zero-order chi connectivity index (χ0) is 25.1. The summed E-state index contributed by atoms with van der Waals surface area (Å²) in [7, 11) is -4.88. The first-order chi connectivity index (χ1) is 16.1. The highest BCUT2D eigenvalue weighted by molar-refractivity contribution is 7.46. The molecule has 0 spiro atoms. The number of aromatic hydroxyl groups is 1. The molecule has 2 rings (SSSR count). The lowest BCUT2D eigenvalue weighted by atomic mass is 10.1. The van der Waals surface area contributed by atoms with Gasteiger partial charge in [0.05, 0.1) is 6.61 Å². The van der Waals surface area contributed by atoms with Gasteiger partial charge in [0.15, 0.2) is 11.5 Å². The Balaban J connectivity index is 0.00000612. The van der Waals surface area contributed by atoms with Gasteiger partial charge in [0.25, 0.3) is 0 Å². The van der Waals surface area contributed by atoms with E-state index in [1.807, 2.05) is 6.07 Å². The normalized spacial score (nSPS) is 11.4. The molecule has 0 saturated heterocycles. The van der Waals surface area contributed by atoms with Crippen molar-refractivity contribution in [2.24, 2.45) is 0 Å². The Morgan fingerprint density at radius 3 is 2.31 bits per heavy atom. The van der Waals surface area contributed by atoms with E-state index in [1.165, 1.54) is 6.07 Å². The molecular formula is C21H28N3O10P. The molecule has 14 heteroatoms. The average Bonchev–Trinajstić information content (AvgIpc) is 2.77. The van der Waals surface area contributed by atoms with E-state index >= 15 is 0 Å². The van der Waals surface area contributed by atoms with E-state index in [9.17, 15) is 24.1 Å². The summed E-state index contributed by atoms with van der Waals surface area (Å²) in [5.41, 5.74) is 1.11. The summed E-state index contributed by atoms with van der Waals surface area (Å²) in [6, 6.07) is 11.4. The van der Waals surface area contributed by atoms with Crippen LogP contribution in [-0.4, -0.2) is 52.1 Å². The van der Waals surface area contributed by atoms with E-state index in [1.54, 1.807) is 31.2 Å². The van der Waals surface area contributed by atoms with Crippen molar-refractivity contribution >= 4 is 25.8 Å². The third kappa shape index (κ3) is 10.9. The Morgan fingerprint density at radius 1 is 1.03 bits per heavy atom. The number of hydrogen-bond acceptors (Lipinski definition) is 9. The van der Waals surface area contributed by atoms with E-state index < -0.39 is 49.9 Å². The van der Waals surface area contributed by atoms with Crippen molar-refractivity contribution in [3.8, 4) is 11.5 Å². The smallest absolute Gasteiger partial charge is 0.504 e. The van der Waals surface area contributed by atoms with Gasteiger partial charge < -0.3 is 35.9 Å². The summed E-state index contributed by atoms with van der Waals surface area (Å²) in [5.74, 6) is -2.47. The number of phosphoric acid groups is 1. The molecule has 35 heavy (non-hydrogen) atoms. The van der Waals surface area contributed by atoms with Crippen LogP contribution in [0.2, 0.25) is 0 Å². The van der Waals surface area contributed by atoms with Crippen molar-refractivity contribution in [3.05, 3.63) is 59.7 Å². The third-order valence-electron chi connectivity index (χ3n) is 4.19. The number of rotatable bonds is 11. The van der Waals surface area contributed by atoms with Crippen LogP contribution < -0.4 is 21.3 Å². The van der Waals surface area contributed by atoms with Crippen molar-refractivity contribution in [3.63, 3.8) is 0 Å². The SMILES string of the molecule is CCOC(=O)[C@H](Cc1ccc(OP(=O)(O)O)c(O)c1)NC(=O)CNC(=O)OCc1ccccc1.N. The van der Waals surface area contributed by atoms with E-state index in [2.05, 4.69) is 15.2 Å². The highest BCUT2D eigenvalue weighted by atomic mass is 31.2. The molecule has 0 aromatic heterocycles. The van der Waals surface area contributed by atoms with Crippen LogP contribution in [0.3, 0.4) is 0 Å². The van der Waals surface area contributed by atoms with Gasteiger partial charge in [-0.15, -0.1) is 0 Å². The first-order valence-corrected chi connectivity index (χ1v) is 11.6. The highest BCUT2D eigenvalue weighted by Crippen LogP contribution is 2.41. The molecular weight excluding hydrogens is 485 g/mol. The predicted molar refractivity (Wildman–Crippen MR) is 123 cm³/mol. The van der Waals surface area contributed by atoms with Crippen LogP contribution in [0.5, 0.6) is 11.5 Å². The van der Waals surface area contributed by atoms with Crippen molar-refractivity contribution in [2.75, 3.05) is 13.2 Å². The molecule has 0 bridgehead atoms. The van der Waals surface area contributed by atoms with Gasteiger partial charge in [-0.3, -0.25) is 14.6 Å². The minimum Gasteiger partial charge on any atom is -0.504 e. The maximum atomic E-state index is 12.3. The number of carbonyl (C=O) groups is 3. The summed E-state index contributed by atoms with van der Waals surface area (Å²) >= 11 is 0. The second kappa shape index (κ2) is 13.9. The van der Waals surface area contributed by atoms with Crippen LogP contribution in [0.25, 0.3) is 0 Å². The standard InChI is InChI=1S/C21H25N2O10P.H3N/c1-2-31-20(26)16(10-15-8-9-18(17(24)11-15)33-34(28,29)30)23-19(25)12-22-21(27)32-13-14-6-4-3-5-7-14;/h3-9,11,16,24H,2,10,12-13H2,1H3,(H,22,27)(H,23,25)(H2,28,29,30);1H3/t16-;/m0./s1. The molecule has 2 aromatic carbocycles. The Bertz CT molecular complexity index is 1040. The van der Waals surface area contributed by atoms with Crippen LogP contribution in [0.4, 0.5) is 4.79 Å². The number of nitrogens with one attached hydrogen (secondary N) is 2. The molecule has 192 valence electrons. The summed E-state index contributed by atoms with van der Waals surface area (Å²) in [6.45, 7) is 1.19. The number of esters is 1. The average molecular weight is 513 g/mol. The van der Waals surface area contributed by atoms with E-state index in [0.29, 0.717) is 5.56 Å². The minimum atomic E-state index is -4.88. The molecule has 2 aromatic rings. The monoisotopic (exact) mass is 513 g/mol. The number of phenolic OH excluding ortho intramolecular Hbond substituents is 1. The number of alkyl carbamates (subject to hydrolysis) is 1. The number of carbonyl (C=O) groups excluding carboxylic acids is 3. The van der Waals surface area contributed by atoms with Crippen LogP contribution in [0, 0.1) is 0 Å². The molecule has 2 amide bonds. The fourth-order valence-electron chi connectivity index (χ4n) is 2.74. The van der Waals surface area contributed by atoms with Gasteiger partial charge >= 0.3 is 19.9 Å². The van der Waals surface area contributed by atoms with Crippen molar-refractivity contribution in [1.29, 1.82) is 0 Å². The summed E-state index contributed by atoms with van der Waals surface area (Å²) < 4.78 is 25.2. The summed E-state index contributed by atoms with van der Waals surface area (Å²) in [5, 5.41) is 14.6. The molecule has 8 N–H and O–H groups in total. The first kappa shape index (κ1) is 29.4. The van der Waals surface area contributed by atoms with E-state index in [0.717, 1.165) is 17.7 Å². The van der Waals surface area contributed by atoms with E-state index in [-0.39, 0.29) is 25.8 Å². The number of phosphoric ester groups is 1. The zero-order valence-corrected chi connectivity index (χ0v) is 19.8. The molecule has 0 fully saturated rings. The van der Waals surface area contributed by atoms with Gasteiger partial charge in [-0.05, 0) is 30.2 Å². The Kier molecular flexibility index (Phi) is 11.7. The molecule has 1 atom stereocenters. The van der Waals surface area contributed by atoms with Gasteiger partial charge in [0, 0.05) is 6.42 Å². The van der Waals surface area contributed by atoms with Crippen molar-refractivity contribution in [1.82, 2.24) is 16.8 Å². The lowest BCUT2D eigenvalue weighted by molar-refractivity contribution is -0.147. The largest absolute Gasteiger partial charge is 0.524 e. The highest BCUT2D eigenvalue weighted by Gasteiger charge is 2.24. The first-order valence-electron chi connectivity index (χ1n) is 10.0. The predicted octanol–water partition coefficient (Wildman–Crippen LogP) is 1.54. The number of ether oxygens (including phenoxy) is 2. The number of phenols is 1. The zero-order valence-electron chi connectivity index (χ0n) is 18.9. The summed E-state index contributed by atoms with van der Waals surface area (Å²) in [4.78, 5) is 54.1. The molecule has 0 aliphatic heterocycles. The fraction of sp³-hybridized carbons (Fsp3) is 0.286. The van der Waals surface area contributed by atoms with Crippen LogP contribution >= 0.6 is 7.82 Å². The Morgan fingerprint density at radius 2 is 1.71 bits per heavy atom. The van der Waals surface area contributed by atoms with E-state index in [4.69, 9.17) is 19.3 Å². The van der Waals surface area contributed by atoms with Gasteiger partial charge in [0.2, 0.25) is 5.91 Å². The molecule has 13 nitrogen and oxygen atoms in total. The van der Waals surface area contributed by atoms with Gasteiger partial charge in [-0.2, -0.15) is 0 Å². The van der Waals surface area contributed by atoms with Crippen LogP contribution in [0.15, 0.2) is 48.5 Å². The van der Waals surface area contributed by atoms with Crippen LogP contribution in [0.1, 0.15) is 18.1 Å². The maximum Gasteiger partial charge on any atom is 0.524 e. The molecule has 0 radical (unpaired) electrons. The Hall–Kier alpha value is -3.64. The third-order valence-corrected chi connectivity index (χ3v) is 4.63. The quantitative estimate of drug-likeness (QED) is 0.187.